The van der Waals surface area contributed by atoms with E-state index < -0.39 is 0 Å². The Bertz CT molecular complexity index is 713. The van der Waals surface area contributed by atoms with E-state index in [1.54, 1.807) is 0 Å². The highest BCUT2D eigenvalue weighted by molar-refractivity contribution is 6.30. The Labute approximate surface area is 158 Å². The van der Waals surface area contributed by atoms with Crippen LogP contribution >= 0.6 is 11.6 Å². The number of rotatable bonds is 10. The maximum atomic E-state index is 11.2. The Hall–Kier alpha value is -2.38. The van der Waals surface area contributed by atoms with E-state index in [-0.39, 0.29) is 5.97 Å². The van der Waals surface area contributed by atoms with Gasteiger partial charge in [0.2, 0.25) is 0 Å². The number of nitrogens with one attached hydrogen (secondary N) is 2. The summed E-state index contributed by atoms with van der Waals surface area (Å²) in [5.74, 6) is 1.24. The molecule has 0 amide bonds. The predicted molar refractivity (Wildman–Crippen MR) is 104 cm³/mol. The first kappa shape index (κ1) is 19.9. The largest absolute Gasteiger partial charge is 0.468 e. The molecule has 0 aliphatic rings. The Kier molecular flexibility index (Phi) is 8.11. The molecule has 7 nitrogen and oxygen atoms in total. The van der Waals surface area contributed by atoms with Gasteiger partial charge in [0.1, 0.15) is 18.0 Å². The molecule has 0 spiro atoms. The Morgan fingerprint density at radius 3 is 2.81 bits per heavy atom. The molecular formula is C18H24ClN5O2. The molecule has 0 aliphatic carbocycles. The number of carbonyl (C=O) groups excluding carboxylic acids is 1. The average Bonchev–Trinajstić information content (AvgIpc) is 2.61. The maximum Gasteiger partial charge on any atom is 0.319 e. The van der Waals surface area contributed by atoms with Crippen LogP contribution in [-0.4, -0.2) is 54.6 Å². The highest BCUT2D eigenvalue weighted by atomic mass is 35.5. The van der Waals surface area contributed by atoms with Crippen molar-refractivity contribution in [3.63, 3.8) is 0 Å². The Morgan fingerprint density at radius 2 is 2.04 bits per heavy atom. The van der Waals surface area contributed by atoms with Crippen molar-refractivity contribution in [2.75, 3.05) is 44.4 Å². The molecule has 0 saturated carbocycles. The number of esters is 1. The van der Waals surface area contributed by atoms with Crippen LogP contribution in [0.15, 0.2) is 36.7 Å². The van der Waals surface area contributed by atoms with Crippen molar-refractivity contribution in [1.82, 2.24) is 14.9 Å². The molecule has 2 N–H and O–H groups in total. The first-order valence-electron chi connectivity index (χ1n) is 8.40. The first-order chi connectivity index (χ1) is 12.6. The zero-order valence-electron chi connectivity index (χ0n) is 15.0. The van der Waals surface area contributed by atoms with Gasteiger partial charge in [-0.15, -0.1) is 0 Å². The number of methoxy groups -OCH3 is 1. The fourth-order valence-corrected chi connectivity index (χ4v) is 2.51. The molecule has 0 bridgehead atoms. The first-order valence-corrected chi connectivity index (χ1v) is 8.78. The molecule has 0 aliphatic heterocycles. The molecule has 140 valence electrons. The Morgan fingerprint density at radius 1 is 1.23 bits per heavy atom. The summed E-state index contributed by atoms with van der Waals surface area (Å²) in [6.07, 6.45) is 3.45. The topological polar surface area (TPSA) is 79.4 Å². The number of nitrogens with zero attached hydrogens (tertiary/aromatic N) is 3. The molecule has 0 unspecified atom stereocenters. The number of anilines is 3. The van der Waals surface area contributed by atoms with Gasteiger partial charge in [0.25, 0.3) is 0 Å². The van der Waals surface area contributed by atoms with E-state index in [1.165, 1.54) is 13.4 Å². The molecule has 1 aromatic carbocycles. The molecule has 26 heavy (non-hydrogen) atoms. The zero-order valence-corrected chi connectivity index (χ0v) is 15.8. The molecular weight excluding hydrogens is 354 g/mol. The van der Waals surface area contributed by atoms with Crippen LogP contribution in [0.5, 0.6) is 0 Å². The third kappa shape index (κ3) is 7.25. The summed E-state index contributed by atoms with van der Waals surface area (Å²) in [4.78, 5) is 21.6. The number of ether oxygens (including phenoxy) is 1. The lowest BCUT2D eigenvalue weighted by atomic mass is 10.3. The number of carbonyl (C=O) groups is 1. The monoisotopic (exact) mass is 377 g/mol. The van der Waals surface area contributed by atoms with Crippen LogP contribution in [0.1, 0.15) is 12.8 Å². The van der Waals surface area contributed by atoms with E-state index in [0.29, 0.717) is 17.4 Å². The summed E-state index contributed by atoms with van der Waals surface area (Å²) >= 11 is 5.98. The van der Waals surface area contributed by atoms with Gasteiger partial charge in [0, 0.05) is 23.3 Å². The van der Waals surface area contributed by atoms with E-state index in [0.717, 1.165) is 37.4 Å². The fourth-order valence-electron chi connectivity index (χ4n) is 2.32. The van der Waals surface area contributed by atoms with Crippen molar-refractivity contribution in [3.05, 3.63) is 41.7 Å². The second kappa shape index (κ2) is 10.6. The SMILES string of the molecule is COC(=O)CN(C)CCCCNc1cc(Nc2cccc(Cl)c2)ncn1. The molecule has 0 saturated heterocycles. The number of unbranched alkanes of at least 4 members (excludes halogenated alkanes) is 1. The van der Waals surface area contributed by atoms with Gasteiger partial charge in [0.05, 0.1) is 13.7 Å². The van der Waals surface area contributed by atoms with Crippen LogP contribution in [0.3, 0.4) is 0 Å². The quantitative estimate of drug-likeness (QED) is 0.486. The average molecular weight is 378 g/mol. The predicted octanol–water partition coefficient (Wildman–Crippen LogP) is 3.17. The molecule has 0 radical (unpaired) electrons. The summed E-state index contributed by atoms with van der Waals surface area (Å²) in [7, 11) is 3.31. The van der Waals surface area contributed by atoms with Gasteiger partial charge in [-0.25, -0.2) is 9.97 Å². The van der Waals surface area contributed by atoms with Gasteiger partial charge >= 0.3 is 5.97 Å². The molecule has 0 atom stereocenters. The van der Waals surface area contributed by atoms with Crippen molar-refractivity contribution in [2.24, 2.45) is 0 Å². The van der Waals surface area contributed by atoms with E-state index in [1.807, 2.05) is 42.3 Å². The van der Waals surface area contributed by atoms with Gasteiger partial charge in [0.15, 0.2) is 0 Å². The third-order valence-electron chi connectivity index (χ3n) is 3.66. The lowest BCUT2D eigenvalue weighted by Gasteiger charge is -2.14. The lowest BCUT2D eigenvalue weighted by Crippen LogP contribution is -2.27. The standard InChI is InChI=1S/C18H24ClN5O2/c1-24(12-18(25)26-2)9-4-3-8-20-16-11-17(22-13-21-16)23-15-7-5-6-14(19)10-15/h5-7,10-11,13H,3-4,8-9,12H2,1-2H3,(H2,20,21,22,23). The fraction of sp³-hybridized carbons (Fsp3) is 0.389. The van der Waals surface area contributed by atoms with Gasteiger partial charge < -0.3 is 15.4 Å². The van der Waals surface area contributed by atoms with Crippen LogP contribution in [0.25, 0.3) is 0 Å². The second-order valence-electron chi connectivity index (χ2n) is 5.87. The van der Waals surface area contributed by atoms with Gasteiger partial charge in [-0.3, -0.25) is 9.69 Å². The summed E-state index contributed by atoms with van der Waals surface area (Å²) in [5.41, 5.74) is 0.871. The third-order valence-corrected chi connectivity index (χ3v) is 3.90. The number of hydrogen-bond donors (Lipinski definition) is 2. The van der Waals surface area contributed by atoms with Crippen molar-refractivity contribution in [2.45, 2.75) is 12.8 Å². The van der Waals surface area contributed by atoms with Gasteiger partial charge in [-0.2, -0.15) is 0 Å². The number of likely N-dealkylation sites (N-methyl/N-ethyl adjacent to an activating group) is 1. The number of benzene rings is 1. The normalized spacial score (nSPS) is 10.6. The highest BCUT2D eigenvalue weighted by Crippen LogP contribution is 2.19. The zero-order chi connectivity index (χ0) is 18.8. The highest BCUT2D eigenvalue weighted by Gasteiger charge is 2.05. The summed E-state index contributed by atoms with van der Waals surface area (Å²) in [6.45, 7) is 1.94. The summed E-state index contributed by atoms with van der Waals surface area (Å²) in [6, 6.07) is 9.31. The van der Waals surface area contributed by atoms with Crippen molar-refractivity contribution in [1.29, 1.82) is 0 Å². The van der Waals surface area contributed by atoms with Crippen LogP contribution in [0.4, 0.5) is 17.3 Å². The number of aromatic nitrogens is 2. The number of halogens is 1. The van der Waals surface area contributed by atoms with Crippen molar-refractivity contribution in [3.8, 4) is 0 Å². The van der Waals surface area contributed by atoms with Gasteiger partial charge in [-0.05, 0) is 44.6 Å². The second-order valence-corrected chi connectivity index (χ2v) is 6.31. The van der Waals surface area contributed by atoms with E-state index in [2.05, 4.69) is 25.3 Å². The van der Waals surface area contributed by atoms with Crippen LogP contribution in [0, 0.1) is 0 Å². The maximum absolute atomic E-state index is 11.2. The molecule has 0 fully saturated rings. The van der Waals surface area contributed by atoms with Crippen LogP contribution in [-0.2, 0) is 9.53 Å². The molecule has 1 heterocycles. The van der Waals surface area contributed by atoms with Crippen molar-refractivity contribution < 1.29 is 9.53 Å². The number of hydrogen-bond acceptors (Lipinski definition) is 7. The van der Waals surface area contributed by atoms with Crippen molar-refractivity contribution >= 4 is 34.9 Å². The van der Waals surface area contributed by atoms with E-state index in [4.69, 9.17) is 11.6 Å². The summed E-state index contributed by atoms with van der Waals surface area (Å²) < 4.78 is 4.65. The van der Waals surface area contributed by atoms with Crippen LogP contribution < -0.4 is 10.6 Å². The minimum Gasteiger partial charge on any atom is -0.468 e. The smallest absolute Gasteiger partial charge is 0.319 e. The molecule has 8 heteroatoms. The summed E-state index contributed by atoms with van der Waals surface area (Å²) in [5, 5.41) is 7.15. The van der Waals surface area contributed by atoms with E-state index >= 15 is 0 Å². The molecule has 1 aromatic heterocycles. The van der Waals surface area contributed by atoms with Crippen LogP contribution in [0.2, 0.25) is 5.02 Å². The van der Waals surface area contributed by atoms with E-state index in [9.17, 15) is 4.79 Å². The Balaban J connectivity index is 1.72. The van der Waals surface area contributed by atoms with Gasteiger partial charge in [-0.1, -0.05) is 17.7 Å². The minimum absolute atomic E-state index is 0.216. The molecule has 2 rings (SSSR count). The minimum atomic E-state index is -0.216. The molecule has 2 aromatic rings. The lowest BCUT2D eigenvalue weighted by molar-refractivity contribution is -0.141.